The van der Waals surface area contributed by atoms with Crippen molar-refractivity contribution in [1.82, 2.24) is 4.90 Å². The van der Waals surface area contributed by atoms with Crippen molar-refractivity contribution in [3.8, 4) is 0 Å². The van der Waals surface area contributed by atoms with Gasteiger partial charge in [0.25, 0.3) is 0 Å². The van der Waals surface area contributed by atoms with E-state index in [1.807, 2.05) is 29.2 Å². The Morgan fingerprint density at radius 3 is 2.19 bits per heavy atom. The van der Waals surface area contributed by atoms with Crippen molar-refractivity contribution in [2.24, 2.45) is 5.41 Å². The van der Waals surface area contributed by atoms with Crippen LogP contribution in [0.5, 0.6) is 0 Å². The van der Waals surface area contributed by atoms with Crippen LogP contribution in [0.15, 0.2) is 24.3 Å². The van der Waals surface area contributed by atoms with Gasteiger partial charge in [0, 0.05) is 50.4 Å². The molecule has 1 fully saturated rings. The van der Waals surface area contributed by atoms with E-state index < -0.39 is 0 Å². The van der Waals surface area contributed by atoms with Crippen LogP contribution in [-0.2, 0) is 9.59 Å². The number of piperazine rings is 1. The number of unbranched alkanes of at least 4 members (excludes halogenated alkanes) is 1. The normalized spacial score (nSPS) is 15.1. The third kappa shape index (κ3) is 6.36. The molecule has 1 saturated heterocycles. The summed E-state index contributed by atoms with van der Waals surface area (Å²) in [5, 5.41) is 2.94. The van der Waals surface area contributed by atoms with Crippen molar-refractivity contribution in [3.63, 3.8) is 0 Å². The van der Waals surface area contributed by atoms with Crippen LogP contribution < -0.4 is 10.2 Å². The van der Waals surface area contributed by atoms with Crippen LogP contribution in [0.4, 0.5) is 11.4 Å². The average molecular weight is 360 g/mol. The van der Waals surface area contributed by atoms with Gasteiger partial charge < -0.3 is 15.1 Å². The van der Waals surface area contributed by atoms with Crippen LogP contribution in [0, 0.1) is 5.41 Å². The monoisotopic (exact) mass is 359 g/mol. The van der Waals surface area contributed by atoms with Crippen LogP contribution >= 0.6 is 0 Å². The summed E-state index contributed by atoms with van der Waals surface area (Å²) >= 11 is 0. The van der Waals surface area contributed by atoms with Gasteiger partial charge >= 0.3 is 0 Å². The van der Waals surface area contributed by atoms with E-state index in [0.717, 1.165) is 50.4 Å². The molecule has 0 saturated carbocycles. The summed E-state index contributed by atoms with van der Waals surface area (Å²) in [6, 6.07) is 8.00. The zero-order valence-corrected chi connectivity index (χ0v) is 16.7. The summed E-state index contributed by atoms with van der Waals surface area (Å²) in [5.74, 6) is 0.327. The second-order valence-corrected chi connectivity index (χ2v) is 8.30. The molecule has 1 aliphatic rings. The molecular formula is C21H33N3O2. The molecule has 0 radical (unpaired) electrons. The smallest absolute Gasteiger partial charge is 0.224 e. The molecule has 5 nitrogen and oxygen atoms in total. The molecule has 26 heavy (non-hydrogen) atoms. The number of rotatable bonds is 6. The fraction of sp³-hybridized carbons (Fsp3) is 0.619. The van der Waals surface area contributed by atoms with Crippen molar-refractivity contribution in [2.75, 3.05) is 36.4 Å². The van der Waals surface area contributed by atoms with Crippen molar-refractivity contribution >= 4 is 23.2 Å². The molecular weight excluding hydrogens is 326 g/mol. The SMILES string of the molecule is CCCCC(=O)Nc1ccc(N2CCN(C(=O)CC(C)(C)C)CC2)cc1. The molecule has 1 N–H and O–H groups in total. The molecule has 0 spiro atoms. The van der Waals surface area contributed by atoms with Gasteiger partial charge in [-0.1, -0.05) is 34.1 Å². The summed E-state index contributed by atoms with van der Waals surface area (Å²) in [5.41, 5.74) is 2.01. The lowest BCUT2D eigenvalue weighted by atomic mass is 9.91. The number of carbonyl (C=O) groups excluding carboxylic acids is 2. The number of nitrogens with one attached hydrogen (secondary N) is 1. The number of hydrogen-bond acceptors (Lipinski definition) is 3. The molecule has 0 aliphatic carbocycles. The summed E-state index contributed by atoms with van der Waals surface area (Å²) in [6.07, 6.45) is 3.11. The number of anilines is 2. The Bertz CT molecular complexity index is 597. The van der Waals surface area contributed by atoms with Crippen molar-refractivity contribution in [1.29, 1.82) is 0 Å². The van der Waals surface area contributed by atoms with Crippen molar-refractivity contribution < 1.29 is 9.59 Å². The molecule has 0 bridgehead atoms. The maximum atomic E-state index is 12.3. The summed E-state index contributed by atoms with van der Waals surface area (Å²) in [7, 11) is 0. The second kappa shape index (κ2) is 9.06. The van der Waals surface area contributed by atoms with E-state index in [4.69, 9.17) is 0 Å². The summed E-state index contributed by atoms with van der Waals surface area (Å²) < 4.78 is 0. The highest BCUT2D eigenvalue weighted by molar-refractivity contribution is 5.90. The maximum Gasteiger partial charge on any atom is 0.224 e. The quantitative estimate of drug-likeness (QED) is 0.838. The van der Waals surface area contributed by atoms with Gasteiger partial charge in [-0.3, -0.25) is 9.59 Å². The zero-order chi connectivity index (χ0) is 19.2. The van der Waals surface area contributed by atoms with Crippen molar-refractivity contribution in [3.05, 3.63) is 24.3 Å². The first-order valence-corrected chi connectivity index (χ1v) is 9.71. The third-order valence-corrected chi connectivity index (χ3v) is 4.59. The molecule has 144 valence electrons. The Morgan fingerprint density at radius 1 is 1.04 bits per heavy atom. The van der Waals surface area contributed by atoms with Gasteiger partial charge in [-0.05, 0) is 36.1 Å². The standard InChI is InChI=1S/C21H33N3O2/c1-5-6-7-19(25)22-17-8-10-18(11-9-17)23-12-14-24(15-13-23)20(26)16-21(2,3)4/h8-11H,5-7,12-16H2,1-4H3,(H,22,25). The molecule has 5 heteroatoms. The highest BCUT2D eigenvalue weighted by Crippen LogP contribution is 2.23. The number of amides is 2. The van der Waals surface area contributed by atoms with Gasteiger partial charge in [-0.25, -0.2) is 0 Å². The lowest BCUT2D eigenvalue weighted by Gasteiger charge is -2.37. The number of carbonyl (C=O) groups is 2. The minimum absolute atomic E-state index is 0.0333. The lowest BCUT2D eigenvalue weighted by Crippen LogP contribution is -2.49. The topological polar surface area (TPSA) is 52.7 Å². The molecule has 2 rings (SSSR count). The molecule has 1 heterocycles. The van der Waals surface area contributed by atoms with Gasteiger partial charge in [0.2, 0.25) is 11.8 Å². The molecule has 0 atom stereocenters. The molecule has 1 aromatic rings. The fourth-order valence-corrected chi connectivity index (χ4v) is 3.10. The van der Waals surface area contributed by atoms with E-state index in [-0.39, 0.29) is 17.2 Å². The predicted molar refractivity (Wildman–Crippen MR) is 107 cm³/mol. The van der Waals surface area contributed by atoms with E-state index in [2.05, 4.69) is 37.9 Å². The molecule has 1 aliphatic heterocycles. The van der Waals surface area contributed by atoms with E-state index >= 15 is 0 Å². The van der Waals surface area contributed by atoms with Gasteiger partial charge in [-0.15, -0.1) is 0 Å². The minimum atomic E-state index is 0.0333. The van der Waals surface area contributed by atoms with E-state index in [0.29, 0.717) is 12.8 Å². The zero-order valence-electron chi connectivity index (χ0n) is 16.7. The Morgan fingerprint density at radius 2 is 1.65 bits per heavy atom. The highest BCUT2D eigenvalue weighted by Gasteiger charge is 2.24. The molecule has 0 aromatic heterocycles. The fourth-order valence-electron chi connectivity index (χ4n) is 3.10. The van der Waals surface area contributed by atoms with Gasteiger partial charge in [0.1, 0.15) is 0 Å². The second-order valence-electron chi connectivity index (χ2n) is 8.30. The van der Waals surface area contributed by atoms with Crippen LogP contribution in [0.3, 0.4) is 0 Å². The van der Waals surface area contributed by atoms with Crippen molar-refractivity contribution in [2.45, 2.75) is 53.4 Å². The number of nitrogens with zero attached hydrogens (tertiary/aromatic N) is 2. The molecule has 2 amide bonds. The number of benzene rings is 1. The Hall–Kier alpha value is -2.04. The van der Waals surface area contributed by atoms with E-state index in [1.165, 1.54) is 0 Å². The predicted octanol–water partition coefficient (Wildman–Crippen LogP) is 3.90. The van der Waals surface area contributed by atoms with E-state index in [9.17, 15) is 9.59 Å². The van der Waals surface area contributed by atoms with Crippen LogP contribution in [0.1, 0.15) is 53.4 Å². The van der Waals surface area contributed by atoms with Gasteiger partial charge in [-0.2, -0.15) is 0 Å². The number of hydrogen-bond donors (Lipinski definition) is 1. The highest BCUT2D eigenvalue weighted by atomic mass is 16.2. The Balaban J connectivity index is 1.84. The average Bonchev–Trinajstić information content (AvgIpc) is 2.59. The maximum absolute atomic E-state index is 12.3. The van der Waals surface area contributed by atoms with Gasteiger partial charge in [0.15, 0.2) is 0 Å². The van der Waals surface area contributed by atoms with Crippen LogP contribution in [0.25, 0.3) is 0 Å². The summed E-state index contributed by atoms with van der Waals surface area (Å²) in [6.45, 7) is 11.6. The van der Waals surface area contributed by atoms with Crippen LogP contribution in [-0.4, -0.2) is 42.9 Å². The first-order valence-electron chi connectivity index (χ1n) is 9.71. The van der Waals surface area contributed by atoms with Crippen LogP contribution in [0.2, 0.25) is 0 Å². The van der Waals surface area contributed by atoms with Gasteiger partial charge in [0.05, 0.1) is 0 Å². The molecule has 0 unspecified atom stereocenters. The lowest BCUT2D eigenvalue weighted by molar-refractivity contribution is -0.133. The third-order valence-electron chi connectivity index (χ3n) is 4.59. The Kier molecular flexibility index (Phi) is 7.06. The first kappa shape index (κ1) is 20.3. The first-order chi connectivity index (χ1) is 12.3. The van der Waals surface area contributed by atoms with E-state index in [1.54, 1.807) is 0 Å². The molecule has 1 aromatic carbocycles. The minimum Gasteiger partial charge on any atom is -0.368 e. The largest absolute Gasteiger partial charge is 0.368 e. The summed E-state index contributed by atoms with van der Waals surface area (Å²) in [4.78, 5) is 28.4. The Labute approximate surface area is 157 Å².